The quantitative estimate of drug-likeness (QED) is 0.345. The molecule has 10 nitrogen and oxygen atoms in total. The number of nitrogens with one attached hydrogen (secondary N) is 2. The van der Waals surface area contributed by atoms with E-state index in [0.717, 1.165) is 24.2 Å². The molecule has 4 rings (SSSR count). The molecule has 1 atom stereocenters. The highest BCUT2D eigenvalue weighted by atomic mass is 35.5. The van der Waals surface area contributed by atoms with Crippen molar-refractivity contribution < 1.29 is 23.1 Å². The molecule has 1 aliphatic carbocycles. The molecule has 1 aromatic carbocycles. The maximum Gasteiger partial charge on any atom is 0.250 e. The number of amides is 2. The van der Waals surface area contributed by atoms with Gasteiger partial charge in [0.05, 0.1) is 27.5 Å². The Labute approximate surface area is 216 Å². The summed E-state index contributed by atoms with van der Waals surface area (Å²) in [5.41, 5.74) is 1.34. The number of thiazole rings is 1. The monoisotopic (exact) mass is 552 g/mol. The van der Waals surface area contributed by atoms with Gasteiger partial charge in [0, 0.05) is 37.5 Å². The first-order chi connectivity index (χ1) is 17.1. The van der Waals surface area contributed by atoms with Gasteiger partial charge in [-0.25, -0.2) is 13.4 Å². The average Bonchev–Trinajstić information content (AvgIpc) is 3.55. The van der Waals surface area contributed by atoms with Crippen LogP contribution in [0.15, 0.2) is 35.3 Å². The molecule has 2 heterocycles. The van der Waals surface area contributed by atoms with Gasteiger partial charge in [0.25, 0.3) is 5.56 Å². The number of nitrogens with zero attached hydrogens (tertiary/aromatic N) is 2. The number of aliphatic hydroxyl groups excluding tert-OH is 1. The molecule has 192 valence electrons. The topological polar surface area (TPSA) is 147 Å². The van der Waals surface area contributed by atoms with E-state index in [-0.39, 0.29) is 36.2 Å². The van der Waals surface area contributed by atoms with Gasteiger partial charge in [0.15, 0.2) is 15.1 Å². The fourth-order valence-electron chi connectivity index (χ4n) is 3.59. The summed E-state index contributed by atoms with van der Waals surface area (Å²) < 4.78 is 28.2. The number of aryl methyl sites for hydroxylation is 1. The zero-order chi connectivity index (χ0) is 26.0. The van der Waals surface area contributed by atoms with Gasteiger partial charge in [-0.1, -0.05) is 11.6 Å². The number of rotatable bonds is 10. The van der Waals surface area contributed by atoms with Crippen LogP contribution >= 0.6 is 22.9 Å². The number of aromatic nitrogens is 2. The van der Waals surface area contributed by atoms with Crippen molar-refractivity contribution in [3.8, 4) is 11.1 Å². The number of pyridine rings is 1. The highest BCUT2D eigenvalue weighted by molar-refractivity contribution is 7.92. The van der Waals surface area contributed by atoms with Gasteiger partial charge >= 0.3 is 0 Å². The standard InChI is InChI=1S/C23H25ClN4O6S2/c1-28-6-5-13(9-20(28)31)15-10-18-17(11-16(15)24)27-23(35-18)21(36(33,34)8-2-7-29)22(32)25-12-19(30)26-14-3-4-14/h5-6,9-11,14,21,29H,2-4,7-8,12H2,1H3,(H,25,32)(H,26,30). The smallest absolute Gasteiger partial charge is 0.250 e. The Balaban J connectivity index is 1.68. The van der Waals surface area contributed by atoms with Crippen LogP contribution < -0.4 is 16.2 Å². The third kappa shape index (κ3) is 5.94. The molecule has 3 aromatic rings. The van der Waals surface area contributed by atoms with E-state index < -0.39 is 32.7 Å². The van der Waals surface area contributed by atoms with E-state index in [1.807, 2.05) is 0 Å². The number of carbonyl (C=O) groups excluding carboxylic acids is 2. The van der Waals surface area contributed by atoms with Gasteiger partial charge < -0.3 is 20.3 Å². The van der Waals surface area contributed by atoms with Crippen LogP contribution in [0.25, 0.3) is 21.3 Å². The minimum Gasteiger partial charge on any atom is -0.396 e. The number of hydrogen-bond donors (Lipinski definition) is 3. The lowest BCUT2D eigenvalue weighted by molar-refractivity contribution is -0.126. The van der Waals surface area contributed by atoms with Gasteiger partial charge in [-0.3, -0.25) is 14.4 Å². The Morgan fingerprint density at radius 2 is 2.06 bits per heavy atom. The first-order valence-electron chi connectivity index (χ1n) is 11.3. The molecule has 0 radical (unpaired) electrons. The summed E-state index contributed by atoms with van der Waals surface area (Å²) in [6.45, 7) is -0.710. The number of hydrogen-bond acceptors (Lipinski definition) is 8. The van der Waals surface area contributed by atoms with E-state index in [0.29, 0.717) is 26.4 Å². The SMILES string of the molecule is Cn1ccc(-c2cc3sc(C(C(=O)NCC(=O)NC4CC4)S(=O)(=O)CCCO)nc3cc2Cl)cc1=O. The van der Waals surface area contributed by atoms with Crippen LogP contribution in [0.4, 0.5) is 0 Å². The van der Waals surface area contributed by atoms with E-state index in [1.54, 1.807) is 31.4 Å². The van der Waals surface area contributed by atoms with Crippen molar-refractivity contribution in [3.05, 3.63) is 50.8 Å². The molecule has 1 fully saturated rings. The summed E-state index contributed by atoms with van der Waals surface area (Å²) in [7, 11) is -2.43. The van der Waals surface area contributed by atoms with Crippen molar-refractivity contribution >= 4 is 54.8 Å². The third-order valence-corrected chi connectivity index (χ3v) is 9.24. The molecule has 0 aliphatic heterocycles. The van der Waals surface area contributed by atoms with Crippen LogP contribution in [0, 0.1) is 0 Å². The average molecular weight is 553 g/mol. The van der Waals surface area contributed by atoms with E-state index in [1.165, 1.54) is 10.6 Å². The second kappa shape index (κ2) is 10.7. The summed E-state index contributed by atoms with van der Waals surface area (Å²) in [4.78, 5) is 41.5. The largest absolute Gasteiger partial charge is 0.396 e. The Morgan fingerprint density at radius 1 is 1.31 bits per heavy atom. The van der Waals surface area contributed by atoms with Gasteiger partial charge in [-0.15, -0.1) is 11.3 Å². The molecule has 13 heteroatoms. The van der Waals surface area contributed by atoms with E-state index >= 15 is 0 Å². The van der Waals surface area contributed by atoms with Gasteiger partial charge in [0.1, 0.15) is 5.01 Å². The van der Waals surface area contributed by atoms with Crippen LogP contribution in [0.2, 0.25) is 5.02 Å². The minimum absolute atomic E-state index is 0.0280. The minimum atomic E-state index is -4.06. The Morgan fingerprint density at radius 3 is 2.72 bits per heavy atom. The van der Waals surface area contributed by atoms with Crippen LogP contribution in [0.5, 0.6) is 0 Å². The third-order valence-electron chi connectivity index (χ3n) is 5.68. The highest BCUT2D eigenvalue weighted by Gasteiger charge is 2.37. The summed E-state index contributed by atoms with van der Waals surface area (Å²) in [5, 5.41) is 13.0. The van der Waals surface area contributed by atoms with Gasteiger partial charge in [0.2, 0.25) is 11.8 Å². The molecule has 1 saturated carbocycles. The summed E-state index contributed by atoms with van der Waals surface area (Å²) in [5.74, 6) is -1.69. The normalized spacial score (nSPS) is 14.5. The second-order valence-corrected chi connectivity index (χ2v) is 12.3. The Bertz CT molecular complexity index is 1480. The highest BCUT2D eigenvalue weighted by Crippen LogP contribution is 2.37. The zero-order valence-corrected chi connectivity index (χ0v) is 21.8. The molecule has 0 spiro atoms. The summed E-state index contributed by atoms with van der Waals surface area (Å²) >= 11 is 7.47. The Hall–Kier alpha value is -2.80. The molecule has 0 saturated heterocycles. The van der Waals surface area contributed by atoms with Crippen molar-refractivity contribution in [2.45, 2.75) is 30.6 Å². The fraction of sp³-hybridized carbons (Fsp3) is 0.391. The number of benzene rings is 1. The van der Waals surface area contributed by atoms with E-state index in [9.17, 15) is 22.8 Å². The van der Waals surface area contributed by atoms with E-state index in [2.05, 4.69) is 15.6 Å². The van der Waals surface area contributed by atoms with Crippen LogP contribution in [0.3, 0.4) is 0 Å². The number of carbonyl (C=O) groups is 2. The molecule has 2 amide bonds. The number of fused-ring (bicyclic) bond motifs is 1. The second-order valence-electron chi connectivity index (χ2n) is 8.60. The molecule has 1 unspecified atom stereocenters. The lowest BCUT2D eigenvalue weighted by Gasteiger charge is -2.15. The molecule has 0 bridgehead atoms. The van der Waals surface area contributed by atoms with Crippen LogP contribution in [-0.4, -0.2) is 59.8 Å². The van der Waals surface area contributed by atoms with Crippen molar-refractivity contribution in [1.29, 1.82) is 0 Å². The van der Waals surface area contributed by atoms with Gasteiger partial charge in [-0.05, 0) is 43.0 Å². The number of halogens is 1. The predicted octanol–water partition coefficient (Wildman–Crippen LogP) is 1.55. The molecule has 36 heavy (non-hydrogen) atoms. The van der Waals surface area contributed by atoms with Crippen molar-refractivity contribution in [2.75, 3.05) is 18.9 Å². The fourth-order valence-corrected chi connectivity index (χ4v) is 6.95. The Kier molecular flexibility index (Phi) is 7.79. The molecule has 1 aliphatic rings. The van der Waals surface area contributed by atoms with Gasteiger partial charge in [-0.2, -0.15) is 0 Å². The molecular formula is C23H25ClN4O6S2. The van der Waals surface area contributed by atoms with Crippen LogP contribution in [0.1, 0.15) is 29.5 Å². The van der Waals surface area contributed by atoms with Crippen molar-refractivity contribution in [2.24, 2.45) is 7.05 Å². The van der Waals surface area contributed by atoms with E-state index in [4.69, 9.17) is 16.7 Å². The predicted molar refractivity (Wildman–Crippen MR) is 138 cm³/mol. The first kappa shape index (κ1) is 26.3. The molecule has 3 N–H and O–H groups in total. The van der Waals surface area contributed by atoms with Crippen molar-refractivity contribution in [1.82, 2.24) is 20.2 Å². The maximum atomic E-state index is 13.1. The number of aliphatic hydroxyl groups is 1. The first-order valence-corrected chi connectivity index (χ1v) is 14.2. The lowest BCUT2D eigenvalue weighted by Crippen LogP contribution is -2.41. The number of sulfone groups is 1. The van der Waals surface area contributed by atoms with Crippen LogP contribution in [-0.2, 0) is 26.5 Å². The maximum absolute atomic E-state index is 13.1. The molecular weight excluding hydrogens is 528 g/mol. The summed E-state index contributed by atoms with van der Waals surface area (Å²) in [6.07, 6.45) is 3.33. The zero-order valence-electron chi connectivity index (χ0n) is 19.4. The lowest BCUT2D eigenvalue weighted by atomic mass is 10.1. The molecule has 2 aromatic heterocycles. The summed E-state index contributed by atoms with van der Waals surface area (Å²) in [6, 6.07) is 6.54. The van der Waals surface area contributed by atoms with Crippen molar-refractivity contribution in [3.63, 3.8) is 0 Å².